The largest absolute Gasteiger partial charge is 0.456 e. The summed E-state index contributed by atoms with van der Waals surface area (Å²) >= 11 is 0. The second-order valence-corrected chi connectivity index (χ2v) is 14.7. The molecular formula is C54H34N6O. The molecule has 0 saturated heterocycles. The van der Waals surface area contributed by atoms with Crippen molar-refractivity contribution in [3.63, 3.8) is 0 Å². The topological polar surface area (TPSA) is 90.5 Å². The minimum absolute atomic E-state index is 0.524. The Morgan fingerprint density at radius 2 is 0.607 bits per heavy atom. The zero-order valence-electron chi connectivity index (χ0n) is 32.7. The summed E-state index contributed by atoms with van der Waals surface area (Å²) in [5, 5.41) is 2.08. The molecule has 0 saturated carbocycles. The summed E-state index contributed by atoms with van der Waals surface area (Å²) in [7, 11) is 0. The van der Waals surface area contributed by atoms with Gasteiger partial charge in [0.15, 0.2) is 34.9 Å². The first kappa shape index (κ1) is 35.7. The van der Waals surface area contributed by atoms with Gasteiger partial charge >= 0.3 is 0 Å². The third-order valence-electron chi connectivity index (χ3n) is 10.8. The van der Waals surface area contributed by atoms with Gasteiger partial charge in [-0.25, -0.2) is 29.9 Å². The van der Waals surface area contributed by atoms with Crippen molar-refractivity contribution in [1.29, 1.82) is 0 Å². The van der Waals surface area contributed by atoms with Crippen LogP contribution in [0.15, 0.2) is 211 Å². The lowest BCUT2D eigenvalue weighted by Gasteiger charge is -2.14. The van der Waals surface area contributed by atoms with Gasteiger partial charge in [0.25, 0.3) is 0 Å². The number of furan rings is 1. The van der Waals surface area contributed by atoms with Gasteiger partial charge in [-0.3, -0.25) is 0 Å². The zero-order valence-corrected chi connectivity index (χ0v) is 32.7. The van der Waals surface area contributed by atoms with E-state index in [9.17, 15) is 0 Å². The van der Waals surface area contributed by atoms with Crippen LogP contribution in [0.25, 0.3) is 113 Å². The van der Waals surface area contributed by atoms with Crippen LogP contribution >= 0.6 is 0 Å². The summed E-state index contributed by atoms with van der Waals surface area (Å²) in [6, 6.07) is 69.5. The SMILES string of the molecule is c1ccc(-c2ccc(-c3nc(-c4ccccc4)nc(-c4ccc(-c5ccc6oc7ccccc7c6c5)c(-c5nc(-c6ccccc6)nc(-c6ccccc6)n5)c4)n3)cc2)cc1. The molecule has 0 radical (unpaired) electrons. The van der Waals surface area contributed by atoms with Crippen molar-refractivity contribution in [3.8, 4) is 90.6 Å². The first-order chi connectivity index (χ1) is 30.2. The van der Waals surface area contributed by atoms with Crippen molar-refractivity contribution < 1.29 is 4.42 Å². The van der Waals surface area contributed by atoms with Gasteiger partial charge in [-0.2, -0.15) is 0 Å². The molecule has 11 aromatic rings. The molecule has 0 aliphatic carbocycles. The molecule has 0 aliphatic heterocycles. The highest BCUT2D eigenvalue weighted by molar-refractivity contribution is 6.06. The molecule has 0 amide bonds. The van der Waals surface area contributed by atoms with E-state index in [4.69, 9.17) is 34.3 Å². The molecule has 61 heavy (non-hydrogen) atoms. The molecular weight excluding hydrogens is 749 g/mol. The molecule has 0 atom stereocenters. The maximum Gasteiger partial charge on any atom is 0.164 e. The lowest BCUT2D eigenvalue weighted by molar-refractivity contribution is 0.669. The van der Waals surface area contributed by atoms with E-state index in [-0.39, 0.29) is 0 Å². The molecule has 0 fully saturated rings. The van der Waals surface area contributed by atoms with Crippen LogP contribution in [0.4, 0.5) is 0 Å². The summed E-state index contributed by atoms with van der Waals surface area (Å²) < 4.78 is 6.23. The minimum Gasteiger partial charge on any atom is -0.456 e. The first-order valence-corrected chi connectivity index (χ1v) is 20.1. The lowest BCUT2D eigenvalue weighted by Crippen LogP contribution is -2.03. The molecule has 7 heteroatoms. The van der Waals surface area contributed by atoms with Gasteiger partial charge in [0.1, 0.15) is 11.2 Å². The summed E-state index contributed by atoms with van der Waals surface area (Å²) in [6.07, 6.45) is 0. The van der Waals surface area contributed by atoms with E-state index >= 15 is 0 Å². The van der Waals surface area contributed by atoms with Crippen LogP contribution in [-0.4, -0.2) is 29.9 Å². The Morgan fingerprint density at radius 1 is 0.230 bits per heavy atom. The fraction of sp³-hybridized carbons (Fsp3) is 0. The summed E-state index contributed by atoms with van der Waals surface area (Å²) in [4.78, 5) is 30.7. The van der Waals surface area contributed by atoms with Gasteiger partial charge < -0.3 is 4.42 Å². The first-order valence-electron chi connectivity index (χ1n) is 20.1. The second kappa shape index (κ2) is 15.4. The third-order valence-corrected chi connectivity index (χ3v) is 10.8. The highest BCUT2D eigenvalue weighted by atomic mass is 16.3. The number of benzene rings is 8. The molecule has 0 aliphatic rings. The van der Waals surface area contributed by atoms with Crippen molar-refractivity contribution >= 4 is 21.9 Å². The predicted octanol–water partition coefficient (Wildman–Crippen LogP) is 13.3. The molecule has 3 heterocycles. The van der Waals surface area contributed by atoms with Gasteiger partial charge in [-0.05, 0) is 46.5 Å². The predicted molar refractivity (Wildman–Crippen MR) is 244 cm³/mol. The van der Waals surface area contributed by atoms with E-state index in [2.05, 4.69) is 72.8 Å². The second-order valence-electron chi connectivity index (χ2n) is 14.7. The molecule has 286 valence electrons. The number of hydrogen-bond donors (Lipinski definition) is 0. The van der Waals surface area contributed by atoms with E-state index in [0.29, 0.717) is 34.9 Å². The average Bonchev–Trinajstić information content (AvgIpc) is 3.73. The molecule has 0 N–H and O–H groups in total. The van der Waals surface area contributed by atoms with Gasteiger partial charge in [0, 0.05) is 44.2 Å². The molecule has 0 unspecified atom stereocenters. The Morgan fingerprint density at radius 3 is 1.16 bits per heavy atom. The fourth-order valence-corrected chi connectivity index (χ4v) is 7.74. The van der Waals surface area contributed by atoms with E-state index < -0.39 is 0 Å². The van der Waals surface area contributed by atoms with Gasteiger partial charge in [0.2, 0.25) is 0 Å². The third kappa shape index (κ3) is 7.00. The maximum atomic E-state index is 6.23. The Labute approximate surface area is 351 Å². The summed E-state index contributed by atoms with van der Waals surface area (Å²) in [5.74, 6) is 3.35. The monoisotopic (exact) mass is 782 g/mol. The van der Waals surface area contributed by atoms with Crippen LogP contribution in [0.1, 0.15) is 0 Å². The average molecular weight is 783 g/mol. The smallest absolute Gasteiger partial charge is 0.164 e. The standard InChI is InChI=1S/C54H34N6O/c1-5-15-35(16-6-1)36-25-27-40(28-26-36)52-55-49(37-17-7-2-8-18-37)57-53(58-52)42-29-31-43(41-30-32-48-45(33-41)44-23-13-14-24-47(44)61-48)46(34-42)54-59-50(38-19-9-3-10-20-38)56-51(60-54)39-21-11-4-12-22-39/h1-34H. The molecule has 11 rings (SSSR count). The number of hydrogen-bond acceptors (Lipinski definition) is 7. The number of fused-ring (bicyclic) bond motifs is 3. The van der Waals surface area contributed by atoms with Gasteiger partial charge in [-0.15, -0.1) is 0 Å². The van der Waals surface area contributed by atoms with Crippen LogP contribution in [0, 0.1) is 0 Å². The normalized spacial score (nSPS) is 11.3. The van der Waals surface area contributed by atoms with Crippen molar-refractivity contribution in [2.24, 2.45) is 0 Å². The van der Waals surface area contributed by atoms with Crippen molar-refractivity contribution in [1.82, 2.24) is 29.9 Å². The van der Waals surface area contributed by atoms with Gasteiger partial charge in [0.05, 0.1) is 0 Å². The molecule has 0 spiro atoms. The van der Waals surface area contributed by atoms with Crippen molar-refractivity contribution in [2.45, 2.75) is 0 Å². The number of aromatic nitrogens is 6. The Kier molecular flexibility index (Phi) is 9.02. The van der Waals surface area contributed by atoms with E-state index in [1.807, 2.05) is 133 Å². The van der Waals surface area contributed by atoms with E-state index in [0.717, 1.165) is 77.6 Å². The van der Waals surface area contributed by atoms with Crippen LogP contribution in [0.3, 0.4) is 0 Å². The van der Waals surface area contributed by atoms with Crippen LogP contribution < -0.4 is 0 Å². The lowest BCUT2D eigenvalue weighted by atomic mass is 9.95. The summed E-state index contributed by atoms with van der Waals surface area (Å²) in [6.45, 7) is 0. The number of nitrogens with zero attached hydrogens (tertiary/aromatic N) is 6. The summed E-state index contributed by atoms with van der Waals surface area (Å²) in [5.41, 5.74) is 11.0. The van der Waals surface area contributed by atoms with Gasteiger partial charge in [-0.1, -0.05) is 182 Å². The van der Waals surface area contributed by atoms with E-state index in [1.54, 1.807) is 0 Å². The Balaban J connectivity index is 1.13. The Hall–Kier alpha value is -8.42. The van der Waals surface area contributed by atoms with Crippen LogP contribution in [-0.2, 0) is 0 Å². The Bertz CT molecular complexity index is 3280. The molecule has 3 aromatic heterocycles. The van der Waals surface area contributed by atoms with Crippen molar-refractivity contribution in [2.75, 3.05) is 0 Å². The van der Waals surface area contributed by atoms with E-state index in [1.165, 1.54) is 0 Å². The highest BCUT2D eigenvalue weighted by Crippen LogP contribution is 2.39. The maximum absolute atomic E-state index is 6.23. The molecule has 8 aromatic carbocycles. The van der Waals surface area contributed by atoms with Crippen LogP contribution in [0.2, 0.25) is 0 Å². The fourth-order valence-electron chi connectivity index (χ4n) is 7.74. The van der Waals surface area contributed by atoms with Crippen LogP contribution in [0.5, 0.6) is 0 Å². The quantitative estimate of drug-likeness (QED) is 0.152. The number of para-hydroxylation sites is 1. The minimum atomic E-state index is 0.524. The zero-order chi connectivity index (χ0) is 40.5. The highest BCUT2D eigenvalue weighted by Gasteiger charge is 2.20. The number of rotatable bonds is 8. The van der Waals surface area contributed by atoms with Crippen molar-refractivity contribution in [3.05, 3.63) is 206 Å². The molecule has 0 bridgehead atoms. The molecule has 7 nitrogen and oxygen atoms in total.